The SMILES string of the molecule is CCN(CC1CCCN(Cc2ccccc2Cl)C1)C(=O)c1cc2ccccc2[nH]1. The highest BCUT2D eigenvalue weighted by atomic mass is 35.5. The van der Waals surface area contributed by atoms with Gasteiger partial charge >= 0.3 is 0 Å². The van der Waals surface area contributed by atoms with Crippen molar-refractivity contribution in [1.82, 2.24) is 14.8 Å². The Morgan fingerprint density at radius 1 is 1.21 bits per heavy atom. The molecule has 0 saturated carbocycles. The Labute approximate surface area is 177 Å². The number of aromatic amines is 1. The molecule has 152 valence electrons. The predicted molar refractivity (Wildman–Crippen MR) is 119 cm³/mol. The van der Waals surface area contributed by atoms with Gasteiger partial charge in [-0.25, -0.2) is 0 Å². The smallest absolute Gasteiger partial charge is 0.270 e. The summed E-state index contributed by atoms with van der Waals surface area (Å²) in [6, 6.07) is 18.1. The zero-order valence-electron chi connectivity index (χ0n) is 16.9. The largest absolute Gasteiger partial charge is 0.351 e. The van der Waals surface area contributed by atoms with Gasteiger partial charge in [0.2, 0.25) is 0 Å². The van der Waals surface area contributed by atoms with Crippen LogP contribution in [0.5, 0.6) is 0 Å². The molecule has 1 N–H and O–H groups in total. The number of aromatic nitrogens is 1. The van der Waals surface area contributed by atoms with E-state index in [-0.39, 0.29) is 5.91 Å². The van der Waals surface area contributed by atoms with Gasteiger partial charge in [0.05, 0.1) is 0 Å². The summed E-state index contributed by atoms with van der Waals surface area (Å²) in [7, 11) is 0. The third-order valence-corrected chi connectivity index (χ3v) is 6.23. The molecule has 1 saturated heterocycles. The van der Waals surface area contributed by atoms with Gasteiger partial charge in [-0.1, -0.05) is 48.0 Å². The van der Waals surface area contributed by atoms with Crippen molar-refractivity contribution in [2.45, 2.75) is 26.3 Å². The van der Waals surface area contributed by atoms with Gasteiger partial charge in [-0.05, 0) is 56.0 Å². The van der Waals surface area contributed by atoms with Crippen LogP contribution in [0, 0.1) is 5.92 Å². The van der Waals surface area contributed by atoms with E-state index >= 15 is 0 Å². The van der Waals surface area contributed by atoms with E-state index in [0.717, 1.165) is 61.5 Å². The maximum atomic E-state index is 13.1. The number of carbonyl (C=O) groups excluding carboxylic acids is 1. The van der Waals surface area contributed by atoms with Crippen molar-refractivity contribution in [2.75, 3.05) is 26.2 Å². The zero-order valence-corrected chi connectivity index (χ0v) is 17.7. The molecule has 3 aromatic rings. The first-order valence-electron chi connectivity index (χ1n) is 10.5. The van der Waals surface area contributed by atoms with Crippen molar-refractivity contribution in [3.05, 3.63) is 70.9 Å². The first-order valence-corrected chi connectivity index (χ1v) is 10.8. The summed E-state index contributed by atoms with van der Waals surface area (Å²) in [6.07, 6.45) is 2.32. The number of nitrogens with zero attached hydrogens (tertiary/aromatic N) is 2. The maximum Gasteiger partial charge on any atom is 0.270 e. The van der Waals surface area contributed by atoms with Crippen LogP contribution >= 0.6 is 11.6 Å². The Morgan fingerprint density at radius 3 is 2.79 bits per heavy atom. The second-order valence-electron chi connectivity index (χ2n) is 7.95. The van der Waals surface area contributed by atoms with Crippen molar-refractivity contribution in [3.8, 4) is 0 Å². The Bertz CT molecular complexity index is 950. The number of H-pyrrole nitrogens is 1. The highest BCUT2D eigenvalue weighted by molar-refractivity contribution is 6.31. The van der Waals surface area contributed by atoms with Crippen LogP contribution in [0.3, 0.4) is 0 Å². The van der Waals surface area contributed by atoms with Crippen molar-refractivity contribution in [3.63, 3.8) is 0 Å². The minimum Gasteiger partial charge on any atom is -0.351 e. The highest BCUT2D eigenvalue weighted by Gasteiger charge is 2.25. The number of nitrogens with one attached hydrogen (secondary N) is 1. The van der Waals surface area contributed by atoms with Crippen LogP contribution in [0.4, 0.5) is 0 Å². The minimum absolute atomic E-state index is 0.0897. The molecule has 5 heteroatoms. The number of piperidine rings is 1. The van der Waals surface area contributed by atoms with Gasteiger partial charge in [0, 0.05) is 42.1 Å². The van der Waals surface area contributed by atoms with Crippen LogP contribution in [0.2, 0.25) is 5.02 Å². The van der Waals surface area contributed by atoms with E-state index in [1.54, 1.807) is 0 Å². The van der Waals surface area contributed by atoms with E-state index in [1.165, 1.54) is 5.56 Å². The zero-order chi connectivity index (χ0) is 20.2. The summed E-state index contributed by atoms with van der Waals surface area (Å²) in [5.41, 5.74) is 2.86. The molecule has 1 aliphatic heterocycles. The van der Waals surface area contributed by atoms with Crippen molar-refractivity contribution >= 4 is 28.4 Å². The number of carbonyl (C=O) groups is 1. The van der Waals surface area contributed by atoms with Gasteiger partial charge in [-0.2, -0.15) is 0 Å². The molecule has 4 rings (SSSR count). The monoisotopic (exact) mass is 409 g/mol. The topological polar surface area (TPSA) is 39.3 Å². The fourth-order valence-corrected chi connectivity index (χ4v) is 4.53. The number of likely N-dealkylation sites (tertiary alicyclic amines) is 1. The third kappa shape index (κ3) is 4.65. The third-order valence-electron chi connectivity index (χ3n) is 5.86. The Morgan fingerprint density at radius 2 is 2.00 bits per heavy atom. The molecular weight excluding hydrogens is 382 g/mol. The van der Waals surface area contributed by atoms with Crippen molar-refractivity contribution < 1.29 is 4.79 Å². The summed E-state index contributed by atoms with van der Waals surface area (Å²) < 4.78 is 0. The molecule has 1 atom stereocenters. The van der Waals surface area contributed by atoms with Gasteiger partial charge in [-0.15, -0.1) is 0 Å². The lowest BCUT2D eigenvalue weighted by molar-refractivity contribution is 0.0680. The molecule has 0 spiro atoms. The van der Waals surface area contributed by atoms with Crippen LogP contribution in [-0.4, -0.2) is 46.9 Å². The van der Waals surface area contributed by atoms with Crippen LogP contribution in [0.1, 0.15) is 35.8 Å². The summed E-state index contributed by atoms with van der Waals surface area (Å²) in [5.74, 6) is 0.575. The van der Waals surface area contributed by atoms with E-state index in [9.17, 15) is 4.79 Å². The lowest BCUT2D eigenvalue weighted by Gasteiger charge is -2.35. The molecule has 1 aliphatic rings. The fourth-order valence-electron chi connectivity index (χ4n) is 4.34. The molecule has 1 unspecified atom stereocenters. The summed E-state index contributed by atoms with van der Waals surface area (Å²) >= 11 is 6.35. The number of benzene rings is 2. The molecule has 0 bridgehead atoms. The number of fused-ring (bicyclic) bond motifs is 1. The standard InChI is InChI=1S/C24H28ClN3O/c1-2-28(24(29)23-14-19-9-4-6-12-22(19)26-23)16-18-8-7-13-27(15-18)17-20-10-3-5-11-21(20)25/h3-6,9-12,14,18,26H,2,7-8,13,15-17H2,1H3. The number of hydrogen-bond donors (Lipinski definition) is 1. The second kappa shape index (κ2) is 9.02. The molecule has 2 aromatic carbocycles. The molecule has 1 amide bonds. The molecule has 1 aromatic heterocycles. The second-order valence-corrected chi connectivity index (χ2v) is 8.36. The average molecular weight is 410 g/mol. The Balaban J connectivity index is 1.41. The van der Waals surface area contributed by atoms with E-state index in [0.29, 0.717) is 11.6 Å². The van der Waals surface area contributed by atoms with Gasteiger partial charge in [-0.3, -0.25) is 9.69 Å². The van der Waals surface area contributed by atoms with E-state index < -0.39 is 0 Å². The van der Waals surface area contributed by atoms with Crippen LogP contribution in [0.15, 0.2) is 54.6 Å². The lowest BCUT2D eigenvalue weighted by Crippen LogP contribution is -2.42. The molecule has 4 nitrogen and oxygen atoms in total. The minimum atomic E-state index is 0.0897. The molecule has 0 radical (unpaired) electrons. The summed E-state index contributed by atoms with van der Waals surface area (Å²) in [4.78, 5) is 20.8. The number of amides is 1. The van der Waals surface area contributed by atoms with Gasteiger partial charge in [0.15, 0.2) is 0 Å². The molecule has 0 aliphatic carbocycles. The van der Waals surface area contributed by atoms with Crippen LogP contribution in [-0.2, 0) is 6.54 Å². The van der Waals surface area contributed by atoms with Crippen LogP contribution in [0.25, 0.3) is 10.9 Å². The quantitative estimate of drug-likeness (QED) is 0.608. The number of rotatable bonds is 6. The Hall–Kier alpha value is -2.30. The van der Waals surface area contributed by atoms with Gasteiger partial charge in [0.25, 0.3) is 5.91 Å². The fraction of sp³-hybridized carbons (Fsp3) is 0.375. The van der Waals surface area contributed by atoms with E-state index in [2.05, 4.69) is 22.9 Å². The first kappa shape index (κ1) is 20.0. The maximum absolute atomic E-state index is 13.1. The lowest BCUT2D eigenvalue weighted by atomic mass is 9.96. The molecule has 2 heterocycles. The normalized spacial score (nSPS) is 17.5. The number of halogens is 1. The van der Waals surface area contributed by atoms with Crippen molar-refractivity contribution in [1.29, 1.82) is 0 Å². The van der Waals surface area contributed by atoms with Gasteiger partial charge in [0.1, 0.15) is 5.69 Å². The Kier molecular flexibility index (Phi) is 6.22. The summed E-state index contributed by atoms with van der Waals surface area (Å²) in [5, 5.41) is 1.91. The average Bonchev–Trinajstić information content (AvgIpc) is 3.18. The van der Waals surface area contributed by atoms with E-state index in [1.807, 2.05) is 53.4 Å². The molecule has 1 fully saturated rings. The van der Waals surface area contributed by atoms with Crippen molar-refractivity contribution in [2.24, 2.45) is 5.92 Å². The van der Waals surface area contributed by atoms with E-state index in [4.69, 9.17) is 11.6 Å². The highest BCUT2D eigenvalue weighted by Crippen LogP contribution is 2.23. The van der Waals surface area contributed by atoms with Crippen LogP contribution < -0.4 is 0 Å². The summed E-state index contributed by atoms with van der Waals surface area (Å²) in [6.45, 7) is 6.54. The number of para-hydroxylation sites is 1. The molecule has 29 heavy (non-hydrogen) atoms. The molecular formula is C24H28ClN3O. The van der Waals surface area contributed by atoms with Gasteiger partial charge < -0.3 is 9.88 Å². The number of hydrogen-bond acceptors (Lipinski definition) is 2. The predicted octanol–water partition coefficient (Wildman–Crippen LogP) is 5.20. The first-order chi connectivity index (χ1) is 14.1.